The second-order valence-electron chi connectivity index (χ2n) is 5.51. The Hall–Kier alpha value is -1.72. The van der Waals surface area contributed by atoms with Crippen LogP contribution in [0.15, 0.2) is 104 Å². The van der Waals surface area contributed by atoms with Gasteiger partial charge in [0.15, 0.2) is 0 Å². The van der Waals surface area contributed by atoms with Crippen molar-refractivity contribution in [2.75, 3.05) is 0 Å². The second-order valence-corrected chi connectivity index (χ2v) is 9.28. The van der Waals surface area contributed by atoms with Gasteiger partial charge >= 0.3 is 79.1 Å². The van der Waals surface area contributed by atoms with Gasteiger partial charge in [-0.25, -0.2) is 0 Å². The minimum absolute atomic E-state index is 0.312. The number of hydrogen-bond donors (Lipinski definition) is 0. The fourth-order valence-corrected chi connectivity index (χ4v) is 5.52. The first-order chi connectivity index (χ1) is 11.4. The number of allylic oxidation sites excluding steroid dienone is 8. The quantitative estimate of drug-likeness (QED) is 0.607. The van der Waals surface area contributed by atoms with Crippen LogP contribution in [-0.4, -0.2) is 0 Å². The van der Waals surface area contributed by atoms with Crippen molar-refractivity contribution in [1.29, 1.82) is 0 Å². The predicted molar refractivity (Wildman–Crippen MR) is 95.6 cm³/mol. The molecule has 0 aromatic heterocycles. The Labute approximate surface area is 150 Å². The number of benzene rings is 2. The van der Waals surface area contributed by atoms with Gasteiger partial charge in [0.2, 0.25) is 0 Å². The Bertz CT molecular complexity index is 669. The average Bonchev–Trinajstić information content (AvgIpc) is 3.32. The molecule has 0 spiro atoms. The third kappa shape index (κ3) is 5.15. The van der Waals surface area contributed by atoms with Crippen LogP contribution in [0.3, 0.4) is 0 Å². The van der Waals surface area contributed by atoms with Gasteiger partial charge in [-0.05, 0) is 11.1 Å². The van der Waals surface area contributed by atoms with Crippen molar-refractivity contribution in [1.82, 2.24) is 0 Å². The molecule has 0 heterocycles. The standard InChI is InChI=1S/C12H10.2C5H5.Zr/c1-3-7-11(8-4-1)12-9-5-2-6-10-12;2*1-2-4-5-3-1;/h1-10H;2*1-3H,4H2;. The zero-order valence-electron chi connectivity index (χ0n) is 13.2. The average molecular weight is 376 g/mol. The molecule has 2 aromatic rings. The Kier molecular flexibility index (Phi) is 6.18. The topological polar surface area (TPSA) is 0 Å². The summed E-state index contributed by atoms with van der Waals surface area (Å²) in [5.41, 5.74) is 2.55. The fourth-order valence-electron chi connectivity index (χ4n) is 2.55. The van der Waals surface area contributed by atoms with Crippen molar-refractivity contribution in [2.24, 2.45) is 0 Å². The van der Waals surface area contributed by atoms with Crippen LogP contribution in [0.2, 0.25) is 0 Å². The van der Waals surface area contributed by atoms with E-state index in [9.17, 15) is 0 Å². The summed E-state index contributed by atoms with van der Waals surface area (Å²) in [6.07, 6.45) is 16.0. The molecule has 0 fully saturated rings. The summed E-state index contributed by atoms with van der Waals surface area (Å²) in [4.78, 5) is 0. The van der Waals surface area contributed by atoms with Gasteiger partial charge in [-0.2, -0.15) is 0 Å². The van der Waals surface area contributed by atoms with Crippen LogP contribution in [0.5, 0.6) is 0 Å². The molecular weight excluding hydrogens is 355 g/mol. The monoisotopic (exact) mass is 374 g/mol. The van der Waals surface area contributed by atoms with E-state index in [0.717, 1.165) is 0 Å². The van der Waals surface area contributed by atoms with E-state index in [0.29, 0.717) is 0 Å². The van der Waals surface area contributed by atoms with Gasteiger partial charge in [-0.1, -0.05) is 60.7 Å². The molecule has 0 amide bonds. The molecule has 2 aliphatic rings. The van der Waals surface area contributed by atoms with Gasteiger partial charge in [-0.15, -0.1) is 0 Å². The number of rotatable bonds is 3. The van der Waals surface area contributed by atoms with Crippen molar-refractivity contribution in [3.05, 3.63) is 104 Å². The molecule has 0 radical (unpaired) electrons. The summed E-state index contributed by atoms with van der Waals surface area (Å²) in [6, 6.07) is 20.8. The first-order valence-corrected chi connectivity index (χ1v) is 10.5. The zero-order valence-corrected chi connectivity index (χ0v) is 15.6. The molecule has 0 unspecified atom stereocenters. The predicted octanol–water partition coefficient (Wildman–Crippen LogP) is 6.11. The van der Waals surface area contributed by atoms with Crippen molar-refractivity contribution < 1.29 is 23.2 Å². The van der Waals surface area contributed by atoms with Gasteiger partial charge in [-0.3, -0.25) is 0 Å². The summed E-state index contributed by atoms with van der Waals surface area (Å²) in [5.74, 6) is 0. The van der Waals surface area contributed by atoms with Crippen molar-refractivity contribution in [2.45, 2.75) is 12.8 Å². The Morgan fingerprint density at radius 3 is 1.35 bits per heavy atom. The van der Waals surface area contributed by atoms with E-state index >= 15 is 0 Å². The minimum atomic E-state index is -0.312. The molecule has 23 heavy (non-hydrogen) atoms. The van der Waals surface area contributed by atoms with Gasteiger partial charge in [0.1, 0.15) is 0 Å². The molecule has 2 aromatic carbocycles. The molecular formula is C22H20Zr. The van der Waals surface area contributed by atoms with Crippen LogP contribution in [0.25, 0.3) is 11.1 Å². The maximum Gasteiger partial charge on any atom is -0.0184 e. The maximum absolute atomic E-state index is 2.31. The van der Waals surface area contributed by atoms with Crippen LogP contribution in [-0.2, 0) is 23.2 Å². The SMILES string of the molecule is C1=CC[C]([Zr][C]2=CC=CC2)=C1.c1ccc(-c2ccccc2)cc1. The third-order valence-electron chi connectivity index (χ3n) is 3.74. The van der Waals surface area contributed by atoms with E-state index in [1.165, 1.54) is 24.0 Å². The van der Waals surface area contributed by atoms with Gasteiger partial charge in [0.05, 0.1) is 0 Å². The largest absolute Gasteiger partial charge is 0.0622 e. The van der Waals surface area contributed by atoms with E-state index in [4.69, 9.17) is 0 Å². The molecule has 0 aliphatic heterocycles. The van der Waals surface area contributed by atoms with E-state index in [2.05, 4.69) is 85.0 Å². The van der Waals surface area contributed by atoms with Crippen molar-refractivity contribution >= 4 is 0 Å². The van der Waals surface area contributed by atoms with E-state index in [1.54, 1.807) is 6.56 Å². The van der Waals surface area contributed by atoms with Crippen molar-refractivity contribution in [3.63, 3.8) is 0 Å². The Balaban J connectivity index is 0.000000136. The van der Waals surface area contributed by atoms with Gasteiger partial charge in [0, 0.05) is 0 Å². The van der Waals surface area contributed by atoms with Crippen molar-refractivity contribution in [3.8, 4) is 11.1 Å². The van der Waals surface area contributed by atoms with Gasteiger partial charge < -0.3 is 0 Å². The second kappa shape index (κ2) is 8.80. The van der Waals surface area contributed by atoms with Crippen LogP contribution < -0.4 is 0 Å². The first-order valence-electron chi connectivity index (χ1n) is 8.01. The smallest absolute Gasteiger partial charge is 0.0184 e. The Morgan fingerprint density at radius 2 is 1.00 bits per heavy atom. The van der Waals surface area contributed by atoms with Crippen LogP contribution in [0.1, 0.15) is 12.8 Å². The van der Waals surface area contributed by atoms with E-state index < -0.39 is 0 Å². The van der Waals surface area contributed by atoms with Crippen LogP contribution in [0, 0.1) is 0 Å². The van der Waals surface area contributed by atoms with E-state index in [1.807, 2.05) is 12.1 Å². The third-order valence-corrected chi connectivity index (χ3v) is 7.15. The summed E-state index contributed by atoms with van der Waals surface area (Å²) >= 11 is -0.312. The molecule has 0 N–H and O–H groups in total. The Morgan fingerprint density at radius 1 is 0.565 bits per heavy atom. The summed E-state index contributed by atoms with van der Waals surface area (Å²) in [6.45, 7) is 0. The normalized spacial score (nSPS) is 14.8. The first kappa shape index (κ1) is 16.2. The maximum atomic E-state index is 2.31. The molecule has 0 saturated carbocycles. The zero-order chi connectivity index (χ0) is 15.7. The van der Waals surface area contributed by atoms with Crippen LogP contribution >= 0.6 is 0 Å². The summed E-state index contributed by atoms with van der Waals surface area (Å²) < 4.78 is 3.45. The molecule has 2 aliphatic carbocycles. The summed E-state index contributed by atoms with van der Waals surface area (Å²) in [5, 5.41) is 0. The van der Waals surface area contributed by atoms with Gasteiger partial charge in [0.25, 0.3) is 0 Å². The summed E-state index contributed by atoms with van der Waals surface area (Å²) in [7, 11) is 0. The molecule has 1 heteroatoms. The molecule has 0 atom stereocenters. The molecule has 0 saturated heterocycles. The fraction of sp³-hybridized carbons (Fsp3) is 0.0909. The molecule has 4 rings (SSSR count). The molecule has 0 nitrogen and oxygen atoms in total. The molecule has 0 bridgehead atoms. The van der Waals surface area contributed by atoms with E-state index in [-0.39, 0.29) is 23.2 Å². The number of hydrogen-bond acceptors (Lipinski definition) is 0. The molecule has 112 valence electrons. The van der Waals surface area contributed by atoms with Crippen LogP contribution in [0.4, 0.5) is 0 Å². The minimum Gasteiger partial charge on any atom is -0.0622 e.